The highest BCUT2D eigenvalue weighted by Crippen LogP contribution is 2.35. The number of imide groups is 1. The van der Waals surface area contributed by atoms with Crippen LogP contribution < -0.4 is 4.74 Å². The van der Waals surface area contributed by atoms with Gasteiger partial charge in [-0.1, -0.05) is 6.07 Å². The van der Waals surface area contributed by atoms with E-state index in [1.165, 1.54) is 11.0 Å². The Bertz CT molecular complexity index is 610. The number of rotatable bonds is 4. The maximum atomic E-state index is 12.2. The molecule has 1 aromatic carbocycles. The molecule has 0 aromatic heterocycles. The Hall–Kier alpha value is -1.95. The van der Waals surface area contributed by atoms with Crippen molar-refractivity contribution in [1.82, 2.24) is 4.90 Å². The fourth-order valence-electron chi connectivity index (χ4n) is 1.97. The number of carbonyl (C=O) groups is 2. The zero-order valence-electron chi connectivity index (χ0n) is 12.1. The van der Waals surface area contributed by atoms with E-state index in [9.17, 15) is 14.7 Å². The summed E-state index contributed by atoms with van der Waals surface area (Å²) in [5.41, 5.74) is 0.700. The summed E-state index contributed by atoms with van der Waals surface area (Å²) >= 11 is 0.924. The highest BCUT2D eigenvalue weighted by Gasteiger charge is 2.36. The summed E-state index contributed by atoms with van der Waals surface area (Å²) in [5.74, 6) is 0.115. The Labute approximate surface area is 127 Å². The van der Waals surface area contributed by atoms with Crippen LogP contribution in [0.4, 0.5) is 4.79 Å². The first kappa shape index (κ1) is 15.4. The number of nitrogens with zero attached hydrogens (tertiary/aromatic N) is 1. The third kappa shape index (κ3) is 3.21. The third-order valence-corrected chi connectivity index (χ3v) is 3.81. The molecule has 5 nitrogen and oxygen atoms in total. The first-order chi connectivity index (χ1) is 9.93. The molecule has 0 unspecified atom stereocenters. The van der Waals surface area contributed by atoms with Gasteiger partial charge in [0.1, 0.15) is 0 Å². The number of ether oxygens (including phenoxy) is 1. The van der Waals surface area contributed by atoms with Gasteiger partial charge in [-0.05, 0) is 56.3 Å². The molecule has 0 bridgehead atoms. The van der Waals surface area contributed by atoms with E-state index >= 15 is 0 Å². The molecule has 1 aromatic rings. The molecular formula is C15H17NO4S. The molecule has 1 heterocycles. The number of hydrogen-bond donors (Lipinski definition) is 1. The minimum atomic E-state index is -0.286. The number of carbonyl (C=O) groups excluding carboxylic acids is 2. The van der Waals surface area contributed by atoms with Crippen molar-refractivity contribution in [2.24, 2.45) is 0 Å². The first-order valence-corrected chi connectivity index (χ1v) is 7.48. The number of hydrogen-bond acceptors (Lipinski definition) is 5. The SMILES string of the molecule is CCOc1cc(/C=C2/SC(=O)N(C(C)C)C2=O)ccc1O. The predicted octanol–water partition coefficient (Wildman–Crippen LogP) is 3.24. The molecule has 0 saturated carbocycles. The average molecular weight is 307 g/mol. The Balaban J connectivity index is 2.30. The Morgan fingerprint density at radius 3 is 2.67 bits per heavy atom. The highest BCUT2D eigenvalue weighted by atomic mass is 32.2. The van der Waals surface area contributed by atoms with E-state index in [4.69, 9.17) is 4.74 Å². The molecule has 1 aliphatic rings. The lowest BCUT2D eigenvalue weighted by atomic mass is 10.2. The van der Waals surface area contributed by atoms with E-state index in [1.807, 2.05) is 6.92 Å². The van der Waals surface area contributed by atoms with Crippen LogP contribution in [0.1, 0.15) is 26.3 Å². The molecule has 2 amide bonds. The number of aromatic hydroxyl groups is 1. The molecule has 1 saturated heterocycles. The van der Waals surface area contributed by atoms with Crippen molar-refractivity contribution in [3.63, 3.8) is 0 Å². The van der Waals surface area contributed by atoms with Crippen LogP contribution in [0.15, 0.2) is 23.1 Å². The van der Waals surface area contributed by atoms with Crippen LogP contribution in [0, 0.1) is 0 Å². The normalized spacial score (nSPS) is 17.1. The Morgan fingerprint density at radius 2 is 2.10 bits per heavy atom. The molecule has 0 atom stereocenters. The van der Waals surface area contributed by atoms with Gasteiger partial charge in [-0.2, -0.15) is 0 Å². The van der Waals surface area contributed by atoms with Crippen LogP contribution in [-0.2, 0) is 4.79 Å². The second kappa shape index (κ2) is 6.22. The van der Waals surface area contributed by atoms with E-state index < -0.39 is 0 Å². The molecule has 21 heavy (non-hydrogen) atoms. The summed E-state index contributed by atoms with van der Waals surface area (Å²) in [6.07, 6.45) is 1.63. The zero-order valence-corrected chi connectivity index (χ0v) is 12.9. The first-order valence-electron chi connectivity index (χ1n) is 6.67. The van der Waals surface area contributed by atoms with E-state index in [-0.39, 0.29) is 22.9 Å². The standard InChI is InChI=1S/C15H17NO4S/c1-4-20-12-7-10(5-6-11(12)17)8-13-14(18)16(9(2)3)15(19)21-13/h5-9,17H,4H2,1-3H3/b13-8+. The molecular weight excluding hydrogens is 290 g/mol. The number of phenolic OH excluding ortho intramolecular Hbond substituents is 1. The fourth-order valence-corrected chi connectivity index (χ4v) is 2.93. The van der Waals surface area contributed by atoms with Crippen molar-refractivity contribution in [1.29, 1.82) is 0 Å². The topological polar surface area (TPSA) is 66.8 Å². The molecule has 0 aliphatic carbocycles. The predicted molar refractivity (Wildman–Crippen MR) is 82.2 cm³/mol. The van der Waals surface area contributed by atoms with Gasteiger partial charge in [0.05, 0.1) is 11.5 Å². The van der Waals surface area contributed by atoms with Gasteiger partial charge >= 0.3 is 0 Å². The van der Waals surface area contributed by atoms with E-state index in [1.54, 1.807) is 32.1 Å². The molecule has 1 N–H and O–H groups in total. The monoisotopic (exact) mass is 307 g/mol. The van der Waals surface area contributed by atoms with Gasteiger partial charge in [0.15, 0.2) is 11.5 Å². The smallest absolute Gasteiger partial charge is 0.293 e. The summed E-state index contributed by atoms with van der Waals surface area (Å²) in [5, 5.41) is 9.40. The highest BCUT2D eigenvalue weighted by molar-refractivity contribution is 8.18. The Morgan fingerprint density at radius 1 is 1.38 bits per heavy atom. The molecule has 6 heteroatoms. The quantitative estimate of drug-likeness (QED) is 0.865. The second-order valence-corrected chi connectivity index (χ2v) is 5.80. The number of amides is 2. The van der Waals surface area contributed by atoms with Crippen LogP contribution in [0.2, 0.25) is 0 Å². The van der Waals surface area contributed by atoms with Crippen molar-refractivity contribution in [2.45, 2.75) is 26.8 Å². The van der Waals surface area contributed by atoms with Gasteiger partial charge in [0.25, 0.3) is 11.1 Å². The van der Waals surface area contributed by atoms with Crippen LogP contribution in [0.3, 0.4) is 0 Å². The van der Waals surface area contributed by atoms with E-state index in [0.717, 1.165) is 11.8 Å². The van der Waals surface area contributed by atoms with Crippen molar-refractivity contribution < 1.29 is 19.4 Å². The van der Waals surface area contributed by atoms with Gasteiger partial charge in [0.2, 0.25) is 0 Å². The third-order valence-electron chi connectivity index (χ3n) is 2.92. The lowest BCUT2D eigenvalue weighted by Gasteiger charge is -2.16. The summed E-state index contributed by atoms with van der Waals surface area (Å²) in [4.78, 5) is 25.6. The van der Waals surface area contributed by atoms with Crippen molar-refractivity contribution in [2.75, 3.05) is 6.61 Å². The van der Waals surface area contributed by atoms with Crippen molar-refractivity contribution >= 4 is 29.0 Å². The minimum Gasteiger partial charge on any atom is -0.504 e. The lowest BCUT2D eigenvalue weighted by molar-refractivity contribution is -0.123. The molecule has 112 valence electrons. The van der Waals surface area contributed by atoms with Crippen LogP contribution in [0.5, 0.6) is 11.5 Å². The zero-order chi connectivity index (χ0) is 15.6. The molecule has 0 radical (unpaired) electrons. The molecule has 0 spiro atoms. The largest absolute Gasteiger partial charge is 0.504 e. The molecule has 1 fully saturated rings. The number of benzene rings is 1. The van der Waals surface area contributed by atoms with Crippen molar-refractivity contribution in [3.8, 4) is 11.5 Å². The van der Waals surface area contributed by atoms with E-state index in [0.29, 0.717) is 22.8 Å². The van der Waals surface area contributed by atoms with Gasteiger partial charge in [-0.15, -0.1) is 0 Å². The minimum absolute atomic E-state index is 0.0456. The van der Waals surface area contributed by atoms with Gasteiger partial charge < -0.3 is 9.84 Å². The summed E-state index contributed by atoms with van der Waals surface area (Å²) in [6, 6.07) is 4.65. The molecule has 1 aliphatic heterocycles. The van der Waals surface area contributed by atoms with Gasteiger partial charge in [0, 0.05) is 6.04 Å². The van der Waals surface area contributed by atoms with Gasteiger partial charge in [-0.25, -0.2) is 0 Å². The molecule has 2 rings (SSSR count). The van der Waals surface area contributed by atoms with Crippen LogP contribution in [0.25, 0.3) is 6.08 Å². The maximum absolute atomic E-state index is 12.2. The summed E-state index contributed by atoms with van der Waals surface area (Å²) in [7, 11) is 0. The fraction of sp³-hybridized carbons (Fsp3) is 0.333. The second-order valence-electron chi connectivity index (χ2n) is 4.81. The van der Waals surface area contributed by atoms with Crippen LogP contribution in [-0.4, -0.2) is 33.8 Å². The maximum Gasteiger partial charge on any atom is 0.293 e. The van der Waals surface area contributed by atoms with Crippen LogP contribution >= 0.6 is 11.8 Å². The van der Waals surface area contributed by atoms with Crippen molar-refractivity contribution in [3.05, 3.63) is 28.7 Å². The average Bonchev–Trinajstić information content (AvgIpc) is 2.68. The number of phenols is 1. The van der Waals surface area contributed by atoms with Gasteiger partial charge in [-0.3, -0.25) is 14.5 Å². The number of thioether (sulfide) groups is 1. The van der Waals surface area contributed by atoms with E-state index in [2.05, 4.69) is 0 Å². The Kier molecular flexibility index (Phi) is 4.57. The summed E-state index contributed by atoms with van der Waals surface area (Å²) < 4.78 is 5.30. The summed E-state index contributed by atoms with van der Waals surface area (Å²) in [6.45, 7) is 5.85. The lowest BCUT2D eigenvalue weighted by Crippen LogP contribution is -2.34.